The number of fused-ring (bicyclic) bond motifs is 1. The molecule has 2 rings (SSSR count). The van der Waals surface area contributed by atoms with Gasteiger partial charge in [-0.05, 0) is 13.8 Å². The molecule has 0 saturated carbocycles. The quantitative estimate of drug-likeness (QED) is 0.648. The smallest absolute Gasteiger partial charge is 0.419 e. The van der Waals surface area contributed by atoms with E-state index in [0.29, 0.717) is 22.4 Å². The fourth-order valence-electron chi connectivity index (χ4n) is 1.34. The van der Waals surface area contributed by atoms with Crippen molar-refractivity contribution < 1.29 is 8.83 Å². The first-order valence-corrected chi connectivity index (χ1v) is 3.72. The minimum atomic E-state index is -0.763. The summed E-state index contributed by atoms with van der Waals surface area (Å²) in [7, 11) is 0. The van der Waals surface area contributed by atoms with Crippen LogP contribution in [0.2, 0.25) is 0 Å². The van der Waals surface area contributed by atoms with Crippen LogP contribution in [0.3, 0.4) is 0 Å². The Morgan fingerprint density at radius 2 is 1.77 bits per heavy atom. The second-order valence-electron chi connectivity index (χ2n) is 2.77. The molecule has 0 aliphatic carbocycles. The summed E-state index contributed by atoms with van der Waals surface area (Å²) in [6.45, 7) is 3.31. The number of aryl methyl sites for hydroxylation is 2. The van der Waals surface area contributed by atoms with Crippen molar-refractivity contribution in [3.05, 3.63) is 32.5 Å². The number of nitrogens with one attached hydrogen (secondary N) is 1. The van der Waals surface area contributed by atoms with Crippen LogP contribution in [0.4, 0.5) is 0 Å². The number of hydrogen-bond acceptors (Lipinski definition) is 4. The lowest BCUT2D eigenvalue weighted by Crippen LogP contribution is -2.14. The van der Waals surface area contributed by atoms with E-state index in [1.807, 2.05) is 0 Å². The molecule has 5 heteroatoms. The molecule has 5 nitrogen and oxygen atoms in total. The van der Waals surface area contributed by atoms with E-state index >= 15 is 0 Å². The Morgan fingerprint density at radius 3 is 2.46 bits per heavy atom. The summed E-state index contributed by atoms with van der Waals surface area (Å²) in [5.41, 5.74) is -0.244. The third-order valence-corrected chi connectivity index (χ3v) is 1.88. The molecular formula is C8H7NO4. The Labute approximate surface area is 72.0 Å². The van der Waals surface area contributed by atoms with Gasteiger partial charge in [0.25, 0.3) is 0 Å². The van der Waals surface area contributed by atoms with E-state index in [0.717, 1.165) is 0 Å². The van der Waals surface area contributed by atoms with Crippen molar-refractivity contribution >= 4 is 10.9 Å². The van der Waals surface area contributed by atoms with Crippen molar-refractivity contribution in [3.8, 4) is 0 Å². The zero-order valence-corrected chi connectivity index (χ0v) is 7.13. The highest BCUT2D eigenvalue weighted by atomic mass is 16.4. The Kier molecular flexibility index (Phi) is 1.42. The van der Waals surface area contributed by atoms with E-state index in [1.54, 1.807) is 13.8 Å². The average Bonchev–Trinajstić information content (AvgIpc) is 2.27. The van der Waals surface area contributed by atoms with Gasteiger partial charge in [-0.3, -0.25) is 4.98 Å². The van der Waals surface area contributed by atoms with Gasteiger partial charge in [-0.1, -0.05) is 0 Å². The van der Waals surface area contributed by atoms with Gasteiger partial charge in [0.1, 0.15) is 22.4 Å². The molecule has 0 radical (unpaired) electrons. The Balaban J connectivity index is 3.15. The standard InChI is InChI=1S/C8H7NO4/c1-3-5-6(4(2)12-3)9-8(11)13-7(5)10/h1-2H3,(H,9,11). The van der Waals surface area contributed by atoms with E-state index in [1.165, 1.54) is 0 Å². The largest absolute Gasteiger partial charge is 0.463 e. The molecule has 0 fully saturated rings. The third kappa shape index (κ3) is 1.00. The highest BCUT2D eigenvalue weighted by Crippen LogP contribution is 2.17. The van der Waals surface area contributed by atoms with Gasteiger partial charge in [0.2, 0.25) is 0 Å². The number of hydrogen-bond donors (Lipinski definition) is 1. The van der Waals surface area contributed by atoms with Crippen molar-refractivity contribution in [2.75, 3.05) is 0 Å². The first-order valence-electron chi connectivity index (χ1n) is 3.72. The van der Waals surface area contributed by atoms with Gasteiger partial charge in [-0.25, -0.2) is 9.59 Å². The lowest BCUT2D eigenvalue weighted by molar-refractivity contribution is 0.459. The van der Waals surface area contributed by atoms with Crippen LogP contribution in [-0.2, 0) is 0 Å². The van der Waals surface area contributed by atoms with Gasteiger partial charge in [-0.2, -0.15) is 0 Å². The first-order chi connectivity index (χ1) is 6.09. The molecule has 0 atom stereocenters. The molecule has 0 spiro atoms. The first kappa shape index (κ1) is 7.85. The van der Waals surface area contributed by atoms with E-state index < -0.39 is 11.4 Å². The molecule has 0 amide bonds. The summed E-state index contributed by atoms with van der Waals surface area (Å²) in [5, 5.41) is 0.303. The van der Waals surface area contributed by atoms with Gasteiger partial charge >= 0.3 is 11.4 Å². The molecule has 2 aromatic rings. The molecule has 0 bridgehead atoms. The van der Waals surface area contributed by atoms with Crippen LogP contribution in [0.5, 0.6) is 0 Å². The number of H-pyrrole nitrogens is 1. The summed E-state index contributed by atoms with van der Waals surface area (Å²) in [5.74, 6) is 0.205. The minimum Gasteiger partial charge on any atom is -0.463 e. The molecule has 0 saturated heterocycles. The second kappa shape index (κ2) is 2.35. The molecule has 13 heavy (non-hydrogen) atoms. The number of furan rings is 1. The lowest BCUT2D eigenvalue weighted by Gasteiger charge is -1.85. The number of rotatable bonds is 0. The molecule has 0 aliphatic heterocycles. The van der Waals surface area contributed by atoms with Crippen LogP contribution < -0.4 is 11.4 Å². The summed E-state index contributed by atoms with van der Waals surface area (Å²) < 4.78 is 9.53. The fraction of sp³-hybridized carbons (Fsp3) is 0.250. The topological polar surface area (TPSA) is 76.2 Å². The summed E-state index contributed by atoms with van der Waals surface area (Å²) in [6.07, 6.45) is 0. The molecule has 2 heterocycles. The average molecular weight is 181 g/mol. The molecule has 2 aromatic heterocycles. The van der Waals surface area contributed by atoms with Crippen LogP contribution in [-0.4, -0.2) is 4.98 Å². The van der Waals surface area contributed by atoms with Crippen LogP contribution in [0.1, 0.15) is 11.5 Å². The van der Waals surface area contributed by atoms with E-state index in [-0.39, 0.29) is 0 Å². The number of aromatic amines is 1. The summed E-state index contributed by atoms with van der Waals surface area (Å²) in [4.78, 5) is 24.4. The molecule has 68 valence electrons. The van der Waals surface area contributed by atoms with Crippen LogP contribution >= 0.6 is 0 Å². The maximum absolute atomic E-state index is 11.2. The maximum Gasteiger partial charge on any atom is 0.419 e. The van der Waals surface area contributed by atoms with Crippen molar-refractivity contribution in [1.29, 1.82) is 0 Å². The van der Waals surface area contributed by atoms with Crippen LogP contribution in [0.15, 0.2) is 18.4 Å². The van der Waals surface area contributed by atoms with E-state index in [4.69, 9.17) is 4.42 Å². The van der Waals surface area contributed by atoms with Gasteiger partial charge in [0, 0.05) is 0 Å². The van der Waals surface area contributed by atoms with Crippen molar-refractivity contribution in [2.24, 2.45) is 0 Å². The Morgan fingerprint density at radius 1 is 1.08 bits per heavy atom. The lowest BCUT2D eigenvalue weighted by atomic mass is 10.3. The maximum atomic E-state index is 11.2. The van der Waals surface area contributed by atoms with Gasteiger partial charge in [0.15, 0.2) is 0 Å². The van der Waals surface area contributed by atoms with Crippen molar-refractivity contribution in [1.82, 2.24) is 4.98 Å². The summed E-state index contributed by atoms with van der Waals surface area (Å²) >= 11 is 0. The van der Waals surface area contributed by atoms with Gasteiger partial charge < -0.3 is 8.83 Å². The second-order valence-corrected chi connectivity index (χ2v) is 2.77. The zero-order chi connectivity index (χ0) is 9.59. The van der Waals surface area contributed by atoms with E-state index in [9.17, 15) is 9.59 Å². The predicted octanol–water partition coefficient (Wildman–Crippen LogP) is 0.691. The normalized spacial score (nSPS) is 10.9. The highest BCUT2D eigenvalue weighted by Gasteiger charge is 2.12. The zero-order valence-electron chi connectivity index (χ0n) is 7.13. The Bertz CT molecular complexity index is 572. The molecule has 0 aliphatic rings. The monoisotopic (exact) mass is 181 g/mol. The molecule has 0 aromatic carbocycles. The van der Waals surface area contributed by atoms with Crippen LogP contribution in [0.25, 0.3) is 10.9 Å². The number of aromatic nitrogens is 1. The molecule has 0 unspecified atom stereocenters. The minimum absolute atomic E-state index is 0.303. The SMILES string of the molecule is Cc1oc(C)c2c(=O)oc(=O)[nH]c12. The third-order valence-electron chi connectivity index (χ3n) is 1.88. The van der Waals surface area contributed by atoms with Crippen molar-refractivity contribution in [2.45, 2.75) is 13.8 Å². The highest BCUT2D eigenvalue weighted by molar-refractivity contribution is 5.81. The van der Waals surface area contributed by atoms with Gasteiger partial charge in [0.05, 0.1) is 0 Å². The summed E-state index contributed by atoms with van der Waals surface area (Å²) in [6, 6.07) is 0. The van der Waals surface area contributed by atoms with Gasteiger partial charge in [-0.15, -0.1) is 0 Å². The fourth-order valence-corrected chi connectivity index (χ4v) is 1.34. The van der Waals surface area contributed by atoms with Crippen LogP contribution in [0, 0.1) is 13.8 Å². The predicted molar refractivity (Wildman–Crippen MR) is 44.8 cm³/mol. The Hall–Kier alpha value is -1.78. The molecular weight excluding hydrogens is 174 g/mol. The molecule has 1 N–H and O–H groups in total. The van der Waals surface area contributed by atoms with E-state index in [2.05, 4.69) is 9.40 Å². The van der Waals surface area contributed by atoms with Crippen molar-refractivity contribution in [3.63, 3.8) is 0 Å².